The highest BCUT2D eigenvalue weighted by Gasteiger charge is 2.11. The summed E-state index contributed by atoms with van der Waals surface area (Å²) < 4.78 is 2.13. The third-order valence-electron chi connectivity index (χ3n) is 3.77. The van der Waals surface area contributed by atoms with E-state index in [1.165, 1.54) is 22.4 Å². The van der Waals surface area contributed by atoms with Crippen LogP contribution in [0.1, 0.15) is 15.4 Å². The quantitative estimate of drug-likeness (QED) is 0.561. The van der Waals surface area contributed by atoms with Crippen molar-refractivity contribution in [1.82, 2.24) is 20.3 Å². The number of nitrogens with one attached hydrogen (secondary N) is 1. The molecule has 3 aromatic rings. The van der Waals surface area contributed by atoms with Crippen molar-refractivity contribution in [1.29, 1.82) is 0 Å². The Labute approximate surface area is 175 Å². The van der Waals surface area contributed by atoms with E-state index in [4.69, 9.17) is 17.3 Å². The van der Waals surface area contributed by atoms with Crippen molar-refractivity contribution in [2.45, 2.75) is 6.54 Å². The number of urea groups is 1. The maximum Gasteiger partial charge on any atom is 0.323 e. The van der Waals surface area contributed by atoms with Crippen molar-refractivity contribution in [3.8, 4) is 5.69 Å². The van der Waals surface area contributed by atoms with E-state index in [-0.39, 0.29) is 12.5 Å². The summed E-state index contributed by atoms with van der Waals surface area (Å²) in [6.07, 6.45) is 6.40. The first kappa shape index (κ1) is 20.3. The van der Waals surface area contributed by atoms with Gasteiger partial charge in [-0.15, -0.1) is 16.4 Å². The number of carbonyl (C=O) groups excluding carboxylic acids is 2. The second kappa shape index (κ2) is 9.18. The van der Waals surface area contributed by atoms with E-state index < -0.39 is 6.03 Å². The zero-order valence-corrected chi connectivity index (χ0v) is 16.7. The second-order valence-corrected chi connectivity index (χ2v) is 7.46. The van der Waals surface area contributed by atoms with Crippen molar-refractivity contribution < 1.29 is 9.59 Å². The zero-order valence-electron chi connectivity index (χ0n) is 15.2. The number of rotatable bonds is 7. The van der Waals surface area contributed by atoms with Crippen LogP contribution in [0.15, 0.2) is 67.5 Å². The lowest BCUT2D eigenvalue weighted by Crippen LogP contribution is -2.30. The number of hydrogen-bond acceptors (Lipinski definition) is 5. The third-order valence-corrected chi connectivity index (χ3v) is 5.00. The molecule has 0 saturated carbocycles. The molecule has 0 bridgehead atoms. The summed E-state index contributed by atoms with van der Waals surface area (Å²) in [7, 11) is 0. The fraction of sp³-hybridized carbons (Fsp3) is 0.0526. The molecule has 0 aliphatic rings. The number of amides is 3. The zero-order chi connectivity index (χ0) is 20.8. The summed E-state index contributed by atoms with van der Waals surface area (Å²) in [4.78, 5) is 25.5. The number of halogens is 1. The van der Waals surface area contributed by atoms with Crippen LogP contribution >= 0.6 is 22.9 Å². The number of anilines is 1. The molecule has 0 unspecified atom stereocenters. The van der Waals surface area contributed by atoms with Crippen LogP contribution in [0.5, 0.6) is 0 Å². The lowest BCUT2D eigenvalue weighted by molar-refractivity contribution is 0.0954. The average Bonchev–Trinajstić information content (AvgIpc) is 3.36. The number of nitrogens with zero attached hydrogens (tertiary/aromatic N) is 4. The fourth-order valence-electron chi connectivity index (χ4n) is 2.40. The Balaban J connectivity index is 1.66. The summed E-state index contributed by atoms with van der Waals surface area (Å²) in [5, 5.41) is 10.9. The van der Waals surface area contributed by atoms with Crippen LogP contribution in [0.4, 0.5) is 10.5 Å². The number of thiophene rings is 1. The van der Waals surface area contributed by atoms with Gasteiger partial charge in [-0.2, -0.15) is 0 Å². The number of hydrogen-bond donors (Lipinski definition) is 2. The van der Waals surface area contributed by atoms with E-state index in [0.717, 1.165) is 5.69 Å². The van der Waals surface area contributed by atoms with Crippen LogP contribution in [0.25, 0.3) is 5.69 Å². The van der Waals surface area contributed by atoms with Gasteiger partial charge in [0.1, 0.15) is 5.69 Å². The number of carbonyl (C=O) groups is 2. The number of nitrogens with two attached hydrogens (primary N) is 1. The Kier molecular flexibility index (Phi) is 6.43. The van der Waals surface area contributed by atoms with Gasteiger partial charge in [-0.25, -0.2) is 9.48 Å². The smallest absolute Gasteiger partial charge is 0.323 e. The standard InChI is InChI=1S/C19H17ClN6O2S/c1-2-3-10-25(19(21)28)14-4-6-15(7-5-14)26-12-13(23-24-26)11-22-18(27)16-8-9-17(20)29-16/h2-10,12H,1,11H2,(H2,21,28)(H,22,27)/b10-3-. The molecule has 0 saturated heterocycles. The van der Waals surface area contributed by atoms with Gasteiger partial charge >= 0.3 is 6.03 Å². The Morgan fingerprint density at radius 1 is 1.28 bits per heavy atom. The van der Waals surface area contributed by atoms with Gasteiger partial charge in [0.05, 0.1) is 33.3 Å². The van der Waals surface area contributed by atoms with E-state index in [9.17, 15) is 9.59 Å². The van der Waals surface area contributed by atoms with E-state index in [0.29, 0.717) is 20.6 Å². The van der Waals surface area contributed by atoms with Gasteiger partial charge in [0, 0.05) is 6.20 Å². The van der Waals surface area contributed by atoms with Crippen LogP contribution in [0.3, 0.4) is 0 Å². The summed E-state index contributed by atoms with van der Waals surface area (Å²) in [6, 6.07) is 9.75. The van der Waals surface area contributed by atoms with Crippen LogP contribution in [0.2, 0.25) is 4.34 Å². The Morgan fingerprint density at radius 3 is 2.66 bits per heavy atom. The van der Waals surface area contributed by atoms with Gasteiger partial charge in [-0.1, -0.05) is 29.5 Å². The van der Waals surface area contributed by atoms with Crippen molar-refractivity contribution in [2.24, 2.45) is 5.73 Å². The Morgan fingerprint density at radius 2 is 2.03 bits per heavy atom. The molecule has 3 N–H and O–H groups in total. The molecule has 3 amide bonds. The number of aromatic nitrogens is 3. The highest BCUT2D eigenvalue weighted by atomic mass is 35.5. The monoisotopic (exact) mass is 428 g/mol. The van der Waals surface area contributed by atoms with Crippen LogP contribution in [0, 0.1) is 0 Å². The molecule has 0 radical (unpaired) electrons. The summed E-state index contributed by atoms with van der Waals surface area (Å²) in [6.45, 7) is 3.80. The fourth-order valence-corrected chi connectivity index (χ4v) is 3.36. The molecule has 10 heteroatoms. The topological polar surface area (TPSA) is 106 Å². The van der Waals surface area contributed by atoms with Crippen LogP contribution < -0.4 is 16.0 Å². The van der Waals surface area contributed by atoms with E-state index in [1.807, 2.05) is 0 Å². The van der Waals surface area contributed by atoms with Gasteiger partial charge in [-0.3, -0.25) is 9.69 Å². The van der Waals surface area contributed by atoms with Gasteiger partial charge in [0.25, 0.3) is 5.91 Å². The van der Waals surface area contributed by atoms with Gasteiger partial charge in [0.2, 0.25) is 0 Å². The van der Waals surface area contributed by atoms with E-state index in [2.05, 4.69) is 22.2 Å². The molecular formula is C19H17ClN6O2S. The minimum Gasteiger partial charge on any atom is -0.351 e. The first-order valence-corrected chi connectivity index (χ1v) is 9.60. The summed E-state index contributed by atoms with van der Waals surface area (Å²) in [5.41, 5.74) is 7.33. The molecule has 1 aromatic carbocycles. The number of allylic oxidation sites excluding steroid dienone is 2. The second-order valence-electron chi connectivity index (χ2n) is 5.74. The van der Waals surface area contributed by atoms with Crippen LogP contribution in [-0.4, -0.2) is 26.9 Å². The molecule has 0 aliphatic carbocycles. The molecule has 0 fully saturated rings. The van der Waals surface area contributed by atoms with Crippen LogP contribution in [-0.2, 0) is 6.54 Å². The molecule has 3 rings (SSSR count). The first-order chi connectivity index (χ1) is 14.0. The summed E-state index contributed by atoms with van der Waals surface area (Å²) in [5.74, 6) is -0.222. The highest BCUT2D eigenvalue weighted by molar-refractivity contribution is 7.17. The molecule has 2 aromatic heterocycles. The van der Waals surface area contributed by atoms with Gasteiger partial charge < -0.3 is 11.1 Å². The SMILES string of the molecule is C=C/C=C\N(C(N)=O)c1ccc(-n2cc(CNC(=O)c3ccc(Cl)s3)nn2)cc1. The minimum absolute atomic E-state index is 0.222. The lowest BCUT2D eigenvalue weighted by atomic mass is 10.2. The molecular weight excluding hydrogens is 412 g/mol. The maximum absolute atomic E-state index is 12.1. The van der Waals surface area contributed by atoms with Crippen molar-refractivity contribution in [2.75, 3.05) is 4.90 Å². The lowest BCUT2D eigenvalue weighted by Gasteiger charge is -2.15. The molecule has 0 atom stereocenters. The number of benzene rings is 1. The number of primary amides is 1. The largest absolute Gasteiger partial charge is 0.351 e. The highest BCUT2D eigenvalue weighted by Crippen LogP contribution is 2.21. The Hall–Kier alpha value is -3.43. The Bertz CT molecular complexity index is 1060. The van der Waals surface area contributed by atoms with Crippen molar-refractivity contribution in [3.63, 3.8) is 0 Å². The molecule has 2 heterocycles. The minimum atomic E-state index is -0.610. The third kappa shape index (κ3) is 5.09. The molecule has 148 valence electrons. The average molecular weight is 429 g/mol. The first-order valence-electron chi connectivity index (χ1n) is 8.41. The molecule has 29 heavy (non-hydrogen) atoms. The molecule has 0 spiro atoms. The molecule has 0 aliphatic heterocycles. The maximum atomic E-state index is 12.1. The summed E-state index contributed by atoms with van der Waals surface area (Å²) >= 11 is 7.05. The normalized spacial score (nSPS) is 10.8. The van der Waals surface area contributed by atoms with Crippen molar-refractivity contribution in [3.05, 3.63) is 82.4 Å². The van der Waals surface area contributed by atoms with E-state index in [1.54, 1.807) is 59.4 Å². The van der Waals surface area contributed by atoms with Gasteiger partial charge in [-0.05, 0) is 42.5 Å². The predicted octanol–water partition coefficient (Wildman–Crippen LogP) is 3.50. The van der Waals surface area contributed by atoms with Gasteiger partial charge in [0.15, 0.2) is 0 Å². The van der Waals surface area contributed by atoms with Crippen molar-refractivity contribution >= 4 is 40.6 Å². The van der Waals surface area contributed by atoms with E-state index >= 15 is 0 Å². The molecule has 8 nitrogen and oxygen atoms in total. The predicted molar refractivity (Wildman–Crippen MR) is 113 cm³/mol.